The Hall–Kier alpha value is -3.55. The van der Waals surface area contributed by atoms with Crippen molar-refractivity contribution < 1.29 is 27.2 Å². The summed E-state index contributed by atoms with van der Waals surface area (Å²) in [5.41, 5.74) is -0.788. The second-order valence-electron chi connectivity index (χ2n) is 9.27. The molecule has 2 aromatic carbocycles. The minimum Gasteiger partial charge on any atom is -0.467 e. The third kappa shape index (κ3) is 7.21. The molecule has 0 aliphatic heterocycles. The lowest BCUT2D eigenvalue weighted by atomic mass is 10.0. The summed E-state index contributed by atoms with van der Waals surface area (Å²) in [5, 5.41) is 0. The van der Waals surface area contributed by atoms with Crippen LogP contribution >= 0.6 is 0 Å². The predicted molar refractivity (Wildman–Crippen MR) is 127 cm³/mol. The van der Waals surface area contributed by atoms with E-state index in [0.29, 0.717) is 18.7 Å². The van der Waals surface area contributed by atoms with Gasteiger partial charge < -0.3 is 14.2 Å². The monoisotopic (exact) mass is 486 g/mol. The minimum atomic E-state index is -4.57. The molecule has 2 amide bonds. The maximum Gasteiger partial charge on any atom is 0.416 e. The normalized spacial score (nSPS) is 11.8. The summed E-state index contributed by atoms with van der Waals surface area (Å²) < 4.78 is 45.0. The summed E-state index contributed by atoms with van der Waals surface area (Å²) in [4.78, 5) is 29.6. The average molecular weight is 487 g/mol. The highest BCUT2D eigenvalue weighted by atomic mass is 19.4. The molecular formula is C27H29F3N2O3. The minimum absolute atomic E-state index is 0.121. The largest absolute Gasteiger partial charge is 0.467 e. The van der Waals surface area contributed by atoms with E-state index in [4.69, 9.17) is 4.42 Å². The van der Waals surface area contributed by atoms with Crippen LogP contribution in [0.25, 0.3) is 0 Å². The van der Waals surface area contributed by atoms with Crippen LogP contribution in [0.5, 0.6) is 0 Å². The zero-order valence-electron chi connectivity index (χ0n) is 20.0. The molecule has 3 aromatic rings. The molecule has 0 aliphatic carbocycles. The molecule has 1 heterocycles. The second-order valence-corrected chi connectivity index (χ2v) is 9.27. The van der Waals surface area contributed by atoms with Crippen LogP contribution in [0.2, 0.25) is 0 Å². The van der Waals surface area contributed by atoms with Gasteiger partial charge in [0.05, 0.1) is 18.4 Å². The van der Waals surface area contributed by atoms with Crippen molar-refractivity contribution >= 4 is 11.8 Å². The van der Waals surface area contributed by atoms with E-state index < -0.39 is 23.2 Å². The molecule has 5 nitrogen and oxygen atoms in total. The van der Waals surface area contributed by atoms with Crippen LogP contribution in [0.1, 0.15) is 48.0 Å². The van der Waals surface area contributed by atoms with E-state index in [1.165, 1.54) is 23.3 Å². The van der Waals surface area contributed by atoms with Crippen molar-refractivity contribution in [3.05, 3.63) is 95.4 Å². The van der Waals surface area contributed by atoms with E-state index in [2.05, 4.69) is 0 Å². The van der Waals surface area contributed by atoms with Gasteiger partial charge in [0.1, 0.15) is 12.3 Å². The van der Waals surface area contributed by atoms with Crippen molar-refractivity contribution in [2.45, 2.75) is 45.5 Å². The maximum atomic E-state index is 13.4. The molecule has 0 bridgehead atoms. The van der Waals surface area contributed by atoms with Gasteiger partial charge in [-0.2, -0.15) is 13.2 Å². The van der Waals surface area contributed by atoms with Gasteiger partial charge in [-0.1, -0.05) is 36.4 Å². The molecule has 0 saturated carbocycles. The Morgan fingerprint density at radius 1 is 0.914 bits per heavy atom. The van der Waals surface area contributed by atoms with Crippen LogP contribution in [-0.4, -0.2) is 40.2 Å². The van der Waals surface area contributed by atoms with Gasteiger partial charge in [-0.3, -0.25) is 9.59 Å². The van der Waals surface area contributed by atoms with Crippen molar-refractivity contribution in [1.29, 1.82) is 0 Å². The third-order valence-corrected chi connectivity index (χ3v) is 5.58. The molecule has 0 aliphatic rings. The zero-order chi connectivity index (χ0) is 25.6. The van der Waals surface area contributed by atoms with E-state index in [-0.39, 0.29) is 24.6 Å². The molecule has 0 N–H and O–H groups in total. The van der Waals surface area contributed by atoms with Gasteiger partial charge in [-0.05, 0) is 63.1 Å². The lowest BCUT2D eigenvalue weighted by Crippen LogP contribution is -2.51. The molecule has 0 radical (unpaired) electrons. The summed E-state index contributed by atoms with van der Waals surface area (Å²) in [6, 6.07) is 17.4. The summed E-state index contributed by atoms with van der Waals surface area (Å²) in [7, 11) is 0. The van der Waals surface area contributed by atoms with Crippen LogP contribution in [0.4, 0.5) is 13.2 Å². The zero-order valence-corrected chi connectivity index (χ0v) is 20.0. The van der Waals surface area contributed by atoms with Crippen molar-refractivity contribution in [3.8, 4) is 0 Å². The van der Waals surface area contributed by atoms with E-state index >= 15 is 0 Å². The number of hydrogen-bond donors (Lipinski definition) is 0. The Morgan fingerprint density at radius 2 is 1.63 bits per heavy atom. The van der Waals surface area contributed by atoms with Crippen LogP contribution in [0.15, 0.2) is 77.4 Å². The van der Waals surface area contributed by atoms with Gasteiger partial charge in [0.15, 0.2) is 0 Å². The van der Waals surface area contributed by atoms with E-state index in [9.17, 15) is 22.8 Å². The van der Waals surface area contributed by atoms with Gasteiger partial charge >= 0.3 is 6.18 Å². The first-order valence-electron chi connectivity index (χ1n) is 11.3. The number of rotatable bonds is 8. The number of amides is 2. The third-order valence-electron chi connectivity index (χ3n) is 5.58. The molecular weight excluding hydrogens is 457 g/mol. The lowest BCUT2D eigenvalue weighted by Gasteiger charge is -2.37. The first-order valence-corrected chi connectivity index (χ1v) is 11.3. The van der Waals surface area contributed by atoms with Gasteiger partial charge in [0.25, 0.3) is 5.91 Å². The fraction of sp³-hybridized carbons (Fsp3) is 0.333. The summed E-state index contributed by atoms with van der Waals surface area (Å²) >= 11 is 0. The standard InChI is InChI=1S/C27H29F3N2O3/c1-26(2,3)32(25(34)21-11-7-12-22(17-21)27(28,29)30)19-24(33)31(18-23-13-8-16-35-23)15-14-20-9-5-4-6-10-20/h4-13,16-17H,14-15,18-19H2,1-3H3. The molecule has 35 heavy (non-hydrogen) atoms. The number of carbonyl (C=O) groups is 2. The van der Waals surface area contributed by atoms with Gasteiger partial charge in [0.2, 0.25) is 5.91 Å². The number of hydrogen-bond acceptors (Lipinski definition) is 3. The Kier molecular flexibility index (Phi) is 8.04. The van der Waals surface area contributed by atoms with Crippen molar-refractivity contribution in [2.75, 3.05) is 13.1 Å². The Balaban J connectivity index is 1.83. The number of furan rings is 1. The summed E-state index contributed by atoms with van der Waals surface area (Å²) in [6.07, 6.45) is -2.45. The maximum absolute atomic E-state index is 13.4. The van der Waals surface area contributed by atoms with Crippen LogP contribution in [0.3, 0.4) is 0 Å². The highest BCUT2D eigenvalue weighted by Gasteiger charge is 2.34. The molecule has 0 saturated heterocycles. The van der Waals surface area contributed by atoms with Gasteiger partial charge in [-0.15, -0.1) is 0 Å². The average Bonchev–Trinajstić information content (AvgIpc) is 3.32. The van der Waals surface area contributed by atoms with Crippen molar-refractivity contribution in [3.63, 3.8) is 0 Å². The molecule has 0 spiro atoms. The molecule has 186 valence electrons. The molecule has 0 unspecified atom stereocenters. The Labute approximate surface area is 203 Å². The van der Waals surface area contributed by atoms with Gasteiger partial charge in [-0.25, -0.2) is 0 Å². The Morgan fingerprint density at radius 3 is 2.23 bits per heavy atom. The fourth-order valence-electron chi connectivity index (χ4n) is 3.62. The van der Waals surface area contributed by atoms with E-state index in [0.717, 1.165) is 17.7 Å². The summed E-state index contributed by atoms with van der Waals surface area (Å²) in [6.45, 7) is 5.55. The first kappa shape index (κ1) is 26.1. The fourth-order valence-corrected chi connectivity index (χ4v) is 3.62. The molecule has 8 heteroatoms. The molecule has 0 atom stereocenters. The topological polar surface area (TPSA) is 53.8 Å². The highest BCUT2D eigenvalue weighted by molar-refractivity contribution is 5.97. The molecule has 0 fully saturated rings. The predicted octanol–water partition coefficient (Wildman–Crippen LogP) is 5.81. The first-order chi connectivity index (χ1) is 16.4. The summed E-state index contributed by atoms with van der Waals surface area (Å²) in [5.74, 6) is -0.372. The van der Waals surface area contributed by atoms with E-state index in [1.54, 1.807) is 37.8 Å². The SMILES string of the molecule is CC(C)(C)N(CC(=O)N(CCc1ccccc1)Cc1ccco1)C(=O)c1cccc(C(F)(F)F)c1. The number of carbonyl (C=O) groups excluding carboxylic acids is 2. The second kappa shape index (κ2) is 10.8. The number of halogens is 3. The van der Waals surface area contributed by atoms with Crippen molar-refractivity contribution in [1.82, 2.24) is 9.80 Å². The van der Waals surface area contributed by atoms with Crippen LogP contribution in [-0.2, 0) is 23.9 Å². The van der Waals surface area contributed by atoms with Crippen LogP contribution < -0.4 is 0 Å². The van der Waals surface area contributed by atoms with Crippen molar-refractivity contribution in [2.24, 2.45) is 0 Å². The molecule has 1 aromatic heterocycles. The van der Waals surface area contributed by atoms with E-state index in [1.807, 2.05) is 30.3 Å². The number of benzene rings is 2. The number of alkyl halides is 3. The lowest BCUT2D eigenvalue weighted by molar-refractivity contribution is -0.137. The Bertz CT molecular complexity index is 1120. The quantitative estimate of drug-likeness (QED) is 0.404. The smallest absolute Gasteiger partial charge is 0.416 e. The molecule has 3 rings (SSSR count). The van der Waals surface area contributed by atoms with Crippen LogP contribution in [0, 0.1) is 0 Å². The van der Waals surface area contributed by atoms with Gasteiger partial charge in [0, 0.05) is 17.6 Å². The highest BCUT2D eigenvalue weighted by Crippen LogP contribution is 2.30. The number of nitrogens with zero attached hydrogens (tertiary/aromatic N) is 2.